The van der Waals surface area contributed by atoms with E-state index in [2.05, 4.69) is 27.8 Å². The number of nitrogens with zero attached hydrogens (tertiary/aromatic N) is 1. The summed E-state index contributed by atoms with van der Waals surface area (Å²) < 4.78 is 14.7. The van der Waals surface area contributed by atoms with E-state index in [0.717, 1.165) is 30.2 Å². The van der Waals surface area contributed by atoms with E-state index >= 15 is 0 Å². The molecule has 0 aliphatic heterocycles. The van der Waals surface area contributed by atoms with E-state index in [0.29, 0.717) is 18.7 Å². The number of carbonyl (C=O) groups excluding carboxylic acids is 2. The van der Waals surface area contributed by atoms with E-state index in [1.54, 1.807) is 23.1 Å². The predicted octanol–water partition coefficient (Wildman–Crippen LogP) is 4.19. The molecule has 142 valence electrons. The minimum atomic E-state index is -0.347. The van der Waals surface area contributed by atoms with Crippen molar-refractivity contribution in [3.05, 3.63) is 46.7 Å². The molecule has 1 aliphatic carbocycles. The molecule has 0 aromatic heterocycles. The fourth-order valence-corrected chi connectivity index (χ4v) is 3.65. The Morgan fingerprint density at radius 1 is 1.31 bits per heavy atom. The molecule has 0 spiro atoms. The van der Waals surface area contributed by atoms with Crippen molar-refractivity contribution in [1.82, 2.24) is 10.2 Å². The molecule has 1 aromatic carbocycles. The quantitative estimate of drug-likeness (QED) is 0.635. The monoisotopic (exact) mass is 424 g/mol. The average molecular weight is 425 g/mol. The van der Waals surface area contributed by atoms with Crippen LogP contribution in [0.5, 0.6) is 0 Å². The van der Waals surface area contributed by atoms with Crippen molar-refractivity contribution >= 4 is 27.7 Å². The van der Waals surface area contributed by atoms with Crippen molar-refractivity contribution in [3.63, 3.8) is 0 Å². The van der Waals surface area contributed by atoms with Gasteiger partial charge in [-0.05, 0) is 31.0 Å². The lowest BCUT2D eigenvalue weighted by Crippen LogP contribution is -2.37. The number of amides is 2. The Labute approximate surface area is 163 Å². The van der Waals surface area contributed by atoms with Crippen LogP contribution >= 0.6 is 15.9 Å². The van der Waals surface area contributed by atoms with Crippen LogP contribution in [0.3, 0.4) is 0 Å². The minimum absolute atomic E-state index is 0.0470. The maximum atomic E-state index is 14.0. The summed E-state index contributed by atoms with van der Waals surface area (Å²) in [6.07, 6.45) is 7.08. The van der Waals surface area contributed by atoms with E-state index in [1.165, 1.54) is 12.5 Å². The first-order valence-electron chi connectivity index (χ1n) is 9.11. The van der Waals surface area contributed by atoms with E-state index in [4.69, 9.17) is 0 Å². The molecular weight excluding hydrogens is 399 g/mol. The largest absolute Gasteiger partial charge is 0.355 e. The van der Waals surface area contributed by atoms with Crippen LogP contribution in [0, 0.1) is 11.7 Å². The van der Waals surface area contributed by atoms with Gasteiger partial charge in [-0.3, -0.25) is 9.59 Å². The van der Waals surface area contributed by atoms with Gasteiger partial charge in [0, 0.05) is 42.0 Å². The van der Waals surface area contributed by atoms with Gasteiger partial charge in [0.2, 0.25) is 11.8 Å². The third-order valence-electron chi connectivity index (χ3n) is 4.69. The second-order valence-electron chi connectivity index (χ2n) is 6.67. The first kappa shape index (κ1) is 20.6. The molecule has 1 N–H and O–H groups in total. The Balaban J connectivity index is 1.86. The van der Waals surface area contributed by atoms with Crippen molar-refractivity contribution < 1.29 is 14.0 Å². The van der Waals surface area contributed by atoms with Gasteiger partial charge in [-0.15, -0.1) is 6.58 Å². The van der Waals surface area contributed by atoms with Crippen LogP contribution in [0.4, 0.5) is 4.39 Å². The molecule has 0 atom stereocenters. The maximum Gasteiger partial charge on any atom is 0.224 e. The Bertz CT molecular complexity index is 645. The van der Waals surface area contributed by atoms with E-state index in [1.807, 2.05) is 0 Å². The summed E-state index contributed by atoms with van der Waals surface area (Å²) in [6, 6.07) is 4.67. The smallest absolute Gasteiger partial charge is 0.224 e. The molecule has 0 unspecified atom stereocenters. The number of halogens is 2. The highest BCUT2D eigenvalue weighted by Crippen LogP contribution is 2.23. The maximum absolute atomic E-state index is 14.0. The summed E-state index contributed by atoms with van der Waals surface area (Å²) in [5.41, 5.74) is 0.445. The van der Waals surface area contributed by atoms with Gasteiger partial charge in [-0.1, -0.05) is 41.3 Å². The van der Waals surface area contributed by atoms with Crippen LogP contribution in [0.2, 0.25) is 0 Å². The molecule has 2 amide bonds. The normalized spacial score (nSPS) is 14.7. The average Bonchev–Trinajstić information content (AvgIpc) is 2.64. The third-order valence-corrected chi connectivity index (χ3v) is 5.18. The zero-order valence-electron chi connectivity index (χ0n) is 15.0. The number of hydrogen-bond acceptors (Lipinski definition) is 2. The lowest BCUT2D eigenvalue weighted by atomic mass is 9.89. The highest BCUT2D eigenvalue weighted by atomic mass is 79.9. The number of hydrogen-bond donors (Lipinski definition) is 1. The van der Waals surface area contributed by atoms with Gasteiger partial charge < -0.3 is 10.2 Å². The van der Waals surface area contributed by atoms with E-state index in [9.17, 15) is 14.0 Å². The van der Waals surface area contributed by atoms with Gasteiger partial charge in [0.05, 0.1) is 0 Å². The van der Waals surface area contributed by atoms with Crippen molar-refractivity contribution in [2.45, 2.75) is 45.1 Å². The molecule has 26 heavy (non-hydrogen) atoms. The van der Waals surface area contributed by atoms with Crippen LogP contribution < -0.4 is 5.32 Å². The highest BCUT2D eigenvalue weighted by molar-refractivity contribution is 9.10. The minimum Gasteiger partial charge on any atom is -0.355 e. The first-order chi connectivity index (χ1) is 12.5. The standard InChI is InChI=1S/C20H26BrFN2O2/c1-2-12-24(14-16-13-17(21)8-9-18(16)22)19(25)10-11-23-20(26)15-6-4-3-5-7-15/h2,8-9,13,15H,1,3-7,10-12,14H2,(H,23,26). The molecule has 6 heteroatoms. The molecule has 1 aliphatic rings. The zero-order valence-corrected chi connectivity index (χ0v) is 16.6. The van der Waals surface area contributed by atoms with Crippen LogP contribution in [-0.4, -0.2) is 29.8 Å². The van der Waals surface area contributed by atoms with Gasteiger partial charge >= 0.3 is 0 Å². The number of benzene rings is 1. The van der Waals surface area contributed by atoms with Crippen LogP contribution in [-0.2, 0) is 16.1 Å². The molecule has 4 nitrogen and oxygen atoms in total. The van der Waals surface area contributed by atoms with Crippen LogP contribution in [0.15, 0.2) is 35.3 Å². The molecule has 1 saturated carbocycles. The van der Waals surface area contributed by atoms with Gasteiger partial charge in [0.1, 0.15) is 5.82 Å². The summed E-state index contributed by atoms with van der Waals surface area (Å²) in [4.78, 5) is 26.2. The predicted molar refractivity (Wildman–Crippen MR) is 104 cm³/mol. The fraction of sp³-hybridized carbons (Fsp3) is 0.500. The molecule has 0 heterocycles. The summed E-state index contributed by atoms with van der Waals surface area (Å²) in [6.45, 7) is 4.48. The van der Waals surface area contributed by atoms with Gasteiger partial charge in [-0.25, -0.2) is 4.39 Å². The van der Waals surface area contributed by atoms with E-state index in [-0.39, 0.29) is 36.5 Å². The Morgan fingerprint density at radius 3 is 2.73 bits per heavy atom. The van der Waals surface area contributed by atoms with E-state index < -0.39 is 0 Å². The topological polar surface area (TPSA) is 49.4 Å². The summed E-state index contributed by atoms with van der Waals surface area (Å²) in [7, 11) is 0. The lowest BCUT2D eigenvalue weighted by Gasteiger charge is -2.23. The van der Waals surface area contributed by atoms with Gasteiger partial charge in [0.15, 0.2) is 0 Å². The Hall–Kier alpha value is -1.69. The molecule has 2 rings (SSSR count). The number of nitrogens with one attached hydrogen (secondary N) is 1. The van der Waals surface area contributed by atoms with Crippen molar-refractivity contribution in [2.24, 2.45) is 5.92 Å². The van der Waals surface area contributed by atoms with Crippen molar-refractivity contribution in [1.29, 1.82) is 0 Å². The Morgan fingerprint density at radius 2 is 2.04 bits per heavy atom. The lowest BCUT2D eigenvalue weighted by molar-refractivity contribution is -0.131. The summed E-state index contributed by atoms with van der Waals surface area (Å²) in [5.74, 6) is -0.349. The van der Waals surface area contributed by atoms with Gasteiger partial charge in [-0.2, -0.15) is 0 Å². The summed E-state index contributed by atoms with van der Waals surface area (Å²) >= 11 is 3.32. The van der Waals surface area contributed by atoms with Crippen LogP contribution in [0.25, 0.3) is 0 Å². The summed E-state index contributed by atoms with van der Waals surface area (Å²) in [5, 5.41) is 2.87. The molecule has 0 saturated heterocycles. The fourth-order valence-electron chi connectivity index (χ4n) is 3.24. The first-order valence-corrected chi connectivity index (χ1v) is 9.91. The Kier molecular flexibility index (Phi) is 8.29. The third kappa shape index (κ3) is 6.24. The number of carbonyl (C=O) groups is 2. The molecule has 1 fully saturated rings. The second-order valence-corrected chi connectivity index (χ2v) is 7.59. The second kappa shape index (κ2) is 10.5. The zero-order chi connectivity index (χ0) is 18.9. The molecule has 1 aromatic rings. The van der Waals surface area contributed by atoms with Gasteiger partial charge in [0.25, 0.3) is 0 Å². The molecular formula is C20H26BrFN2O2. The highest BCUT2D eigenvalue weighted by Gasteiger charge is 2.21. The van der Waals surface area contributed by atoms with Crippen molar-refractivity contribution in [2.75, 3.05) is 13.1 Å². The molecule has 0 radical (unpaired) electrons. The SMILES string of the molecule is C=CCN(Cc1cc(Br)ccc1F)C(=O)CCNC(=O)C1CCCCC1. The van der Waals surface area contributed by atoms with Crippen molar-refractivity contribution in [3.8, 4) is 0 Å². The number of rotatable bonds is 8. The molecule has 0 bridgehead atoms. The van der Waals surface area contributed by atoms with Crippen LogP contribution in [0.1, 0.15) is 44.1 Å².